The number of carbonyl (C=O) groups excluding carboxylic acids is 2. The number of carbonyl (C=O) groups is 2. The van der Waals surface area contributed by atoms with Crippen LogP contribution in [-0.2, 0) is 20.8 Å². The maximum Gasteiger partial charge on any atom is 0.294 e. The molecule has 0 aromatic heterocycles. The molecule has 8 nitrogen and oxygen atoms in total. The zero-order valence-corrected chi connectivity index (χ0v) is 14.9. The third-order valence-corrected chi connectivity index (χ3v) is 4.18. The number of fused-ring (bicyclic) bond motifs is 1. The average Bonchev–Trinajstić information content (AvgIpc) is 3.21. The van der Waals surface area contributed by atoms with Gasteiger partial charge in [0.25, 0.3) is 11.8 Å². The van der Waals surface area contributed by atoms with Crippen molar-refractivity contribution < 1.29 is 28.5 Å². The second-order valence-corrected chi connectivity index (χ2v) is 6.07. The monoisotopic (exact) mass is 382 g/mol. The average molecular weight is 382 g/mol. The SMILES string of the molecule is O=C(Nc1ccccc1C(=O)NCc1ccc2c(c1)OCO2)C1=COCCO1. The number of anilines is 1. The Morgan fingerprint density at radius 3 is 2.64 bits per heavy atom. The molecule has 8 heteroatoms. The van der Waals surface area contributed by atoms with Gasteiger partial charge in [0, 0.05) is 6.54 Å². The van der Waals surface area contributed by atoms with Gasteiger partial charge in [0.15, 0.2) is 11.5 Å². The summed E-state index contributed by atoms with van der Waals surface area (Å²) in [5.74, 6) is 0.620. The highest BCUT2D eigenvalue weighted by Gasteiger charge is 2.19. The van der Waals surface area contributed by atoms with Crippen LogP contribution >= 0.6 is 0 Å². The topological polar surface area (TPSA) is 95.1 Å². The molecule has 2 heterocycles. The van der Waals surface area contributed by atoms with Crippen LogP contribution in [0.25, 0.3) is 0 Å². The lowest BCUT2D eigenvalue weighted by Crippen LogP contribution is -2.26. The highest BCUT2D eigenvalue weighted by atomic mass is 16.7. The summed E-state index contributed by atoms with van der Waals surface area (Å²) in [7, 11) is 0. The molecule has 144 valence electrons. The quantitative estimate of drug-likeness (QED) is 0.823. The van der Waals surface area contributed by atoms with Gasteiger partial charge in [-0.2, -0.15) is 0 Å². The van der Waals surface area contributed by atoms with E-state index in [4.69, 9.17) is 18.9 Å². The molecule has 0 unspecified atom stereocenters. The van der Waals surface area contributed by atoms with Gasteiger partial charge in [0.05, 0.1) is 11.3 Å². The first-order chi connectivity index (χ1) is 13.7. The van der Waals surface area contributed by atoms with Gasteiger partial charge >= 0.3 is 0 Å². The fourth-order valence-electron chi connectivity index (χ4n) is 2.79. The number of benzene rings is 2. The molecule has 2 aromatic rings. The summed E-state index contributed by atoms with van der Waals surface area (Å²) in [4.78, 5) is 24.9. The molecule has 0 spiro atoms. The Balaban J connectivity index is 1.43. The van der Waals surface area contributed by atoms with Gasteiger partial charge in [-0.3, -0.25) is 9.59 Å². The van der Waals surface area contributed by atoms with Crippen molar-refractivity contribution in [3.05, 3.63) is 65.6 Å². The largest absolute Gasteiger partial charge is 0.494 e. The first-order valence-electron chi connectivity index (χ1n) is 8.72. The molecule has 2 aliphatic heterocycles. The van der Waals surface area contributed by atoms with E-state index < -0.39 is 5.91 Å². The highest BCUT2D eigenvalue weighted by Crippen LogP contribution is 2.32. The van der Waals surface area contributed by atoms with E-state index in [9.17, 15) is 9.59 Å². The van der Waals surface area contributed by atoms with Gasteiger partial charge in [-0.15, -0.1) is 0 Å². The summed E-state index contributed by atoms with van der Waals surface area (Å²) in [6, 6.07) is 12.2. The number of para-hydroxylation sites is 1. The first-order valence-corrected chi connectivity index (χ1v) is 8.72. The fourth-order valence-corrected chi connectivity index (χ4v) is 2.79. The van der Waals surface area contributed by atoms with Crippen molar-refractivity contribution in [2.45, 2.75) is 6.54 Å². The van der Waals surface area contributed by atoms with E-state index in [1.54, 1.807) is 30.3 Å². The number of nitrogens with one attached hydrogen (secondary N) is 2. The van der Waals surface area contributed by atoms with Gasteiger partial charge in [0.1, 0.15) is 19.5 Å². The Labute approximate surface area is 161 Å². The predicted octanol–water partition coefficient (Wildman–Crippen LogP) is 2.17. The van der Waals surface area contributed by atoms with Gasteiger partial charge in [-0.05, 0) is 29.8 Å². The number of amides is 2. The van der Waals surface area contributed by atoms with Crippen LogP contribution in [0.5, 0.6) is 11.5 Å². The third-order valence-electron chi connectivity index (χ3n) is 4.18. The van der Waals surface area contributed by atoms with E-state index in [1.165, 1.54) is 6.26 Å². The van der Waals surface area contributed by atoms with Crippen molar-refractivity contribution in [2.75, 3.05) is 25.3 Å². The molecule has 0 aliphatic carbocycles. The molecule has 2 amide bonds. The lowest BCUT2D eigenvalue weighted by atomic mass is 10.1. The van der Waals surface area contributed by atoms with Crippen molar-refractivity contribution in [3.8, 4) is 11.5 Å². The van der Waals surface area contributed by atoms with Crippen LogP contribution < -0.4 is 20.1 Å². The van der Waals surface area contributed by atoms with E-state index in [0.717, 1.165) is 5.56 Å². The summed E-state index contributed by atoms with van der Waals surface area (Å²) < 4.78 is 21.0. The molecule has 4 rings (SSSR count). The molecular weight excluding hydrogens is 364 g/mol. The zero-order chi connectivity index (χ0) is 19.3. The van der Waals surface area contributed by atoms with Crippen molar-refractivity contribution in [1.29, 1.82) is 0 Å². The molecule has 0 saturated carbocycles. The first kappa shape index (κ1) is 17.7. The minimum absolute atomic E-state index is 0.0711. The maximum absolute atomic E-state index is 12.6. The van der Waals surface area contributed by atoms with Crippen LogP contribution in [0.4, 0.5) is 5.69 Å². The van der Waals surface area contributed by atoms with Gasteiger partial charge in [-0.25, -0.2) is 0 Å². The smallest absolute Gasteiger partial charge is 0.294 e. The van der Waals surface area contributed by atoms with E-state index in [0.29, 0.717) is 42.5 Å². The Kier molecular flexibility index (Phi) is 5.01. The molecule has 2 aromatic carbocycles. The normalized spacial score (nSPS) is 14.4. The lowest BCUT2D eigenvalue weighted by Gasteiger charge is -2.16. The van der Waals surface area contributed by atoms with Crippen molar-refractivity contribution in [3.63, 3.8) is 0 Å². The highest BCUT2D eigenvalue weighted by molar-refractivity contribution is 6.07. The predicted molar refractivity (Wildman–Crippen MR) is 98.8 cm³/mol. The van der Waals surface area contributed by atoms with Gasteiger partial charge in [0.2, 0.25) is 12.6 Å². The summed E-state index contributed by atoms with van der Waals surface area (Å²) in [6.07, 6.45) is 1.27. The molecule has 28 heavy (non-hydrogen) atoms. The third kappa shape index (κ3) is 3.85. The molecule has 0 bridgehead atoms. The van der Waals surface area contributed by atoms with E-state index in [-0.39, 0.29) is 18.5 Å². The van der Waals surface area contributed by atoms with Crippen molar-refractivity contribution >= 4 is 17.5 Å². The van der Waals surface area contributed by atoms with Crippen molar-refractivity contribution in [2.24, 2.45) is 0 Å². The molecule has 2 N–H and O–H groups in total. The number of hydrogen-bond donors (Lipinski definition) is 2. The minimum atomic E-state index is -0.476. The van der Waals surface area contributed by atoms with Crippen molar-refractivity contribution in [1.82, 2.24) is 5.32 Å². The Morgan fingerprint density at radius 2 is 1.79 bits per heavy atom. The Hall–Kier alpha value is -3.68. The zero-order valence-electron chi connectivity index (χ0n) is 14.9. The van der Waals surface area contributed by atoms with E-state index in [1.807, 2.05) is 12.1 Å². The van der Waals surface area contributed by atoms with E-state index >= 15 is 0 Å². The molecular formula is C20H18N2O6. The number of ether oxygens (including phenoxy) is 4. The van der Waals surface area contributed by atoms with Crippen LogP contribution in [0.2, 0.25) is 0 Å². The summed E-state index contributed by atoms with van der Waals surface area (Å²) in [6.45, 7) is 1.20. The lowest BCUT2D eigenvalue weighted by molar-refractivity contribution is -0.117. The van der Waals surface area contributed by atoms with Crippen LogP contribution in [0.15, 0.2) is 54.5 Å². The van der Waals surface area contributed by atoms with Crippen LogP contribution in [0.1, 0.15) is 15.9 Å². The molecule has 0 atom stereocenters. The second kappa shape index (κ2) is 7.91. The summed E-state index contributed by atoms with van der Waals surface area (Å²) in [5, 5.41) is 5.53. The van der Waals surface area contributed by atoms with Crippen LogP contribution in [-0.4, -0.2) is 31.8 Å². The second-order valence-electron chi connectivity index (χ2n) is 6.07. The van der Waals surface area contributed by atoms with E-state index in [2.05, 4.69) is 10.6 Å². The number of rotatable bonds is 5. The standard InChI is InChI=1S/C20H18N2O6/c23-19(21-10-13-5-6-16-17(9-13)28-12-27-16)14-3-1-2-4-15(14)22-20(24)18-11-25-7-8-26-18/h1-6,9,11H,7-8,10,12H2,(H,21,23)(H,22,24). The Morgan fingerprint density at radius 1 is 0.929 bits per heavy atom. The molecule has 0 radical (unpaired) electrons. The van der Waals surface area contributed by atoms with Crippen LogP contribution in [0.3, 0.4) is 0 Å². The van der Waals surface area contributed by atoms with Gasteiger partial charge < -0.3 is 29.6 Å². The van der Waals surface area contributed by atoms with Gasteiger partial charge in [-0.1, -0.05) is 18.2 Å². The molecule has 2 aliphatic rings. The summed E-state index contributed by atoms with van der Waals surface area (Å²) in [5.41, 5.74) is 1.59. The number of hydrogen-bond acceptors (Lipinski definition) is 6. The molecule has 0 fully saturated rings. The minimum Gasteiger partial charge on any atom is -0.494 e. The Bertz CT molecular complexity index is 940. The molecule has 0 saturated heterocycles. The summed E-state index contributed by atoms with van der Waals surface area (Å²) >= 11 is 0. The fraction of sp³-hybridized carbons (Fsp3) is 0.200. The van der Waals surface area contributed by atoms with Crippen LogP contribution in [0, 0.1) is 0 Å². The maximum atomic E-state index is 12.6.